The summed E-state index contributed by atoms with van der Waals surface area (Å²) in [6.07, 6.45) is 5.05. The molecule has 0 aromatic rings. The van der Waals surface area contributed by atoms with Gasteiger partial charge in [0.05, 0.1) is 0 Å². The predicted octanol–water partition coefficient (Wildman–Crippen LogP) is 1.00. The Morgan fingerprint density at radius 2 is 1.91 bits per heavy atom. The number of nitrogens with zero attached hydrogens (tertiary/aromatic N) is 2. The molecule has 0 radical (unpaired) electrons. The van der Waals surface area contributed by atoms with Crippen LogP contribution in [0.1, 0.15) is 46.0 Å². The van der Waals surface area contributed by atoms with E-state index >= 15 is 0 Å². The Hall–Kier alpha value is -1.14. The summed E-state index contributed by atoms with van der Waals surface area (Å²) in [5.74, 6) is -0.103. The molecule has 0 aromatic carbocycles. The third-order valence-electron chi connectivity index (χ3n) is 5.13. The van der Waals surface area contributed by atoms with E-state index in [4.69, 9.17) is 4.74 Å². The van der Waals surface area contributed by atoms with Crippen LogP contribution < -0.4 is 5.32 Å². The molecule has 23 heavy (non-hydrogen) atoms. The molecule has 0 aromatic heterocycles. The van der Waals surface area contributed by atoms with Gasteiger partial charge in [0.1, 0.15) is 6.04 Å². The average Bonchev–Trinajstić information content (AvgIpc) is 3.17. The molecule has 6 nitrogen and oxygen atoms in total. The predicted molar refractivity (Wildman–Crippen MR) is 89.1 cm³/mol. The van der Waals surface area contributed by atoms with E-state index in [2.05, 4.69) is 17.1 Å². The van der Waals surface area contributed by atoms with Gasteiger partial charge in [0.25, 0.3) is 0 Å². The number of hydrogen-bond acceptors (Lipinski definition) is 4. The van der Waals surface area contributed by atoms with Crippen LogP contribution in [0.5, 0.6) is 0 Å². The lowest BCUT2D eigenvalue weighted by Crippen LogP contribution is -2.54. The van der Waals surface area contributed by atoms with Gasteiger partial charge in [-0.05, 0) is 45.2 Å². The Morgan fingerprint density at radius 1 is 1.22 bits per heavy atom. The Kier molecular flexibility index (Phi) is 6.84. The molecule has 2 aliphatic heterocycles. The standard InChI is InChI=1S/C17H31N3O3/c1-4-19-10-5-7-15(19)16-8-6-11-20(16)17(22)14(9-12-23-3)18-13(2)21/h14-16H,4-12H2,1-3H3,(H,18,21)/t14-,15+,16-/m0/s1. The van der Waals surface area contributed by atoms with Gasteiger partial charge in [-0.2, -0.15) is 0 Å². The number of ether oxygens (including phenoxy) is 1. The van der Waals surface area contributed by atoms with Crippen molar-refractivity contribution < 1.29 is 14.3 Å². The molecule has 0 aliphatic carbocycles. The molecule has 2 saturated heterocycles. The monoisotopic (exact) mass is 325 g/mol. The number of nitrogens with one attached hydrogen (secondary N) is 1. The Balaban J connectivity index is 2.06. The summed E-state index contributed by atoms with van der Waals surface area (Å²) in [6, 6.07) is 0.306. The minimum absolute atomic E-state index is 0.0581. The normalized spacial score (nSPS) is 26.5. The quantitative estimate of drug-likeness (QED) is 0.759. The SMILES string of the molecule is CCN1CCC[C@@H]1[C@@H]1CCCN1C(=O)[C@H](CCOC)NC(C)=O. The minimum Gasteiger partial charge on any atom is -0.385 e. The molecule has 2 fully saturated rings. The molecule has 132 valence electrons. The van der Waals surface area contributed by atoms with Crippen LogP contribution >= 0.6 is 0 Å². The Labute approximate surface area is 139 Å². The van der Waals surface area contributed by atoms with Gasteiger partial charge < -0.3 is 15.0 Å². The van der Waals surface area contributed by atoms with Crippen LogP contribution in [0.2, 0.25) is 0 Å². The van der Waals surface area contributed by atoms with Gasteiger partial charge in [-0.15, -0.1) is 0 Å². The number of likely N-dealkylation sites (tertiary alicyclic amines) is 2. The first-order chi connectivity index (χ1) is 11.1. The van der Waals surface area contributed by atoms with Gasteiger partial charge in [0, 0.05) is 39.3 Å². The van der Waals surface area contributed by atoms with Crippen LogP contribution in [0.3, 0.4) is 0 Å². The highest BCUT2D eigenvalue weighted by Crippen LogP contribution is 2.30. The molecule has 2 heterocycles. The summed E-state index contributed by atoms with van der Waals surface area (Å²) in [5.41, 5.74) is 0. The van der Waals surface area contributed by atoms with Crippen molar-refractivity contribution in [1.82, 2.24) is 15.1 Å². The zero-order chi connectivity index (χ0) is 16.8. The van der Waals surface area contributed by atoms with Gasteiger partial charge in [0.15, 0.2) is 0 Å². The molecular weight excluding hydrogens is 294 g/mol. The minimum atomic E-state index is -0.468. The third kappa shape index (κ3) is 4.44. The van der Waals surface area contributed by atoms with Gasteiger partial charge in [-0.1, -0.05) is 6.92 Å². The largest absolute Gasteiger partial charge is 0.385 e. The summed E-state index contributed by atoms with van der Waals surface area (Å²) >= 11 is 0. The topological polar surface area (TPSA) is 61.9 Å². The fraction of sp³-hybridized carbons (Fsp3) is 0.882. The highest BCUT2D eigenvalue weighted by Gasteiger charge is 2.40. The van der Waals surface area contributed by atoms with E-state index < -0.39 is 6.04 Å². The molecule has 2 amide bonds. The van der Waals surface area contributed by atoms with Crippen molar-refractivity contribution in [2.24, 2.45) is 0 Å². The molecule has 0 saturated carbocycles. The number of carbonyl (C=O) groups is 2. The van der Waals surface area contributed by atoms with Gasteiger partial charge >= 0.3 is 0 Å². The molecule has 0 spiro atoms. The molecule has 2 aliphatic rings. The fourth-order valence-corrected chi connectivity index (χ4v) is 4.09. The highest BCUT2D eigenvalue weighted by atomic mass is 16.5. The first kappa shape index (κ1) is 18.2. The highest BCUT2D eigenvalue weighted by molar-refractivity contribution is 5.87. The molecule has 3 atom stereocenters. The molecule has 6 heteroatoms. The second kappa shape index (κ2) is 8.64. The maximum absolute atomic E-state index is 13.0. The van der Waals surface area contributed by atoms with Crippen LogP contribution in [-0.4, -0.2) is 73.1 Å². The number of methoxy groups -OCH3 is 1. The van der Waals surface area contributed by atoms with Crippen LogP contribution in [0.4, 0.5) is 0 Å². The smallest absolute Gasteiger partial charge is 0.245 e. The van der Waals surface area contributed by atoms with E-state index in [-0.39, 0.29) is 11.8 Å². The zero-order valence-electron chi connectivity index (χ0n) is 14.7. The van der Waals surface area contributed by atoms with Crippen LogP contribution in [0, 0.1) is 0 Å². The Morgan fingerprint density at radius 3 is 2.57 bits per heavy atom. The van der Waals surface area contributed by atoms with Gasteiger partial charge in [-0.3, -0.25) is 14.5 Å². The maximum atomic E-state index is 13.0. The number of likely N-dealkylation sites (N-methyl/N-ethyl adjacent to an activating group) is 1. The molecular formula is C17H31N3O3. The second-order valence-electron chi connectivity index (χ2n) is 6.61. The fourth-order valence-electron chi connectivity index (χ4n) is 4.09. The van der Waals surface area contributed by atoms with E-state index in [0.717, 1.165) is 32.5 Å². The average molecular weight is 325 g/mol. The number of hydrogen-bond donors (Lipinski definition) is 1. The molecule has 0 unspecified atom stereocenters. The lowest BCUT2D eigenvalue weighted by molar-refractivity contribution is -0.138. The van der Waals surface area contributed by atoms with Gasteiger partial charge in [-0.25, -0.2) is 0 Å². The maximum Gasteiger partial charge on any atom is 0.245 e. The van der Waals surface area contributed by atoms with Crippen LogP contribution in [0.25, 0.3) is 0 Å². The summed E-state index contributed by atoms with van der Waals surface area (Å²) in [5, 5.41) is 2.80. The third-order valence-corrected chi connectivity index (χ3v) is 5.13. The zero-order valence-corrected chi connectivity index (χ0v) is 14.7. The summed E-state index contributed by atoms with van der Waals surface area (Å²) < 4.78 is 5.10. The van der Waals surface area contributed by atoms with Crippen LogP contribution in [-0.2, 0) is 14.3 Å². The van der Waals surface area contributed by atoms with Crippen molar-refractivity contribution in [3.05, 3.63) is 0 Å². The second-order valence-corrected chi connectivity index (χ2v) is 6.61. The van der Waals surface area contributed by atoms with E-state index in [0.29, 0.717) is 25.1 Å². The van der Waals surface area contributed by atoms with Crippen molar-refractivity contribution in [3.8, 4) is 0 Å². The van der Waals surface area contributed by atoms with Gasteiger partial charge in [0.2, 0.25) is 11.8 Å². The van der Waals surface area contributed by atoms with Crippen molar-refractivity contribution in [2.45, 2.75) is 64.1 Å². The van der Waals surface area contributed by atoms with Crippen molar-refractivity contribution in [3.63, 3.8) is 0 Å². The van der Waals surface area contributed by atoms with E-state index in [1.807, 2.05) is 4.90 Å². The van der Waals surface area contributed by atoms with E-state index in [1.165, 1.54) is 19.8 Å². The van der Waals surface area contributed by atoms with Crippen LogP contribution in [0.15, 0.2) is 0 Å². The lowest BCUT2D eigenvalue weighted by atomic mass is 10.0. The first-order valence-corrected chi connectivity index (χ1v) is 8.89. The number of rotatable bonds is 7. The van der Waals surface area contributed by atoms with Crippen molar-refractivity contribution in [1.29, 1.82) is 0 Å². The summed E-state index contributed by atoms with van der Waals surface area (Å²) in [6.45, 7) is 7.11. The number of amides is 2. The van der Waals surface area contributed by atoms with E-state index in [9.17, 15) is 9.59 Å². The lowest BCUT2D eigenvalue weighted by Gasteiger charge is -2.36. The summed E-state index contributed by atoms with van der Waals surface area (Å²) in [4.78, 5) is 28.9. The van der Waals surface area contributed by atoms with E-state index in [1.54, 1.807) is 7.11 Å². The molecule has 1 N–H and O–H groups in total. The van der Waals surface area contributed by atoms with Crippen molar-refractivity contribution >= 4 is 11.8 Å². The molecule has 0 bridgehead atoms. The molecule has 2 rings (SSSR count). The Bertz CT molecular complexity index is 416. The summed E-state index contributed by atoms with van der Waals surface area (Å²) in [7, 11) is 1.62. The van der Waals surface area contributed by atoms with Crippen molar-refractivity contribution in [2.75, 3.05) is 33.4 Å². The first-order valence-electron chi connectivity index (χ1n) is 8.89. The number of carbonyl (C=O) groups excluding carboxylic acids is 2.